The molecule has 0 amide bonds. The minimum Gasteiger partial charge on any atom is -0.328 e. The largest absolute Gasteiger partial charge is 0.328 e. The predicted octanol–water partition coefficient (Wildman–Crippen LogP) is 3.96. The second kappa shape index (κ2) is 5.00. The summed E-state index contributed by atoms with van der Waals surface area (Å²) >= 11 is 7.66. The van der Waals surface area contributed by atoms with Gasteiger partial charge >= 0.3 is 0 Å². The zero-order chi connectivity index (χ0) is 11.5. The maximum Gasteiger partial charge on any atom is 0.0406 e. The summed E-state index contributed by atoms with van der Waals surface area (Å²) in [6.07, 6.45) is 0.943. The van der Waals surface area contributed by atoms with E-state index in [4.69, 9.17) is 17.3 Å². The van der Waals surface area contributed by atoms with Crippen molar-refractivity contribution in [1.29, 1.82) is 0 Å². The average Bonchev–Trinajstić information content (AvgIpc) is 2.66. The molecule has 1 unspecified atom stereocenters. The fourth-order valence-corrected chi connectivity index (χ4v) is 2.86. The van der Waals surface area contributed by atoms with Gasteiger partial charge in [-0.15, -0.1) is 11.3 Å². The van der Waals surface area contributed by atoms with E-state index < -0.39 is 0 Å². The summed E-state index contributed by atoms with van der Waals surface area (Å²) in [5.41, 5.74) is 6.99. The molecule has 1 atom stereocenters. The van der Waals surface area contributed by atoms with Crippen LogP contribution < -0.4 is 5.73 Å². The zero-order valence-corrected chi connectivity index (χ0v) is 10.7. The molecule has 2 rings (SSSR count). The van der Waals surface area contributed by atoms with Crippen molar-refractivity contribution in [2.45, 2.75) is 19.4 Å². The van der Waals surface area contributed by atoms with E-state index in [-0.39, 0.29) is 6.04 Å². The van der Waals surface area contributed by atoms with E-state index in [1.54, 1.807) is 11.3 Å². The van der Waals surface area contributed by atoms with Gasteiger partial charge in [0.15, 0.2) is 0 Å². The van der Waals surface area contributed by atoms with Crippen LogP contribution in [-0.2, 0) is 6.42 Å². The van der Waals surface area contributed by atoms with Crippen LogP contribution in [0.15, 0.2) is 36.4 Å². The molecule has 1 nitrogen and oxygen atoms in total. The Bertz CT molecular complexity index is 459. The van der Waals surface area contributed by atoms with Crippen molar-refractivity contribution in [1.82, 2.24) is 0 Å². The molecule has 0 saturated carbocycles. The summed E-state index contributed by atoms with van der Waals surface area (Å²) < 4.78 is 0. The molecule has 0 fully saturated rings. The topological polar surface area (TPSA) is 26.0 Å². The summed E-state index contributed by atoms with van der Waals surface area (Å²) in [5.74, 6) is 0. The molecule has 0 spiro atoms. The van der Waals surface area contributed by atoms with Crippen LogP contribution in [0.1, 0.15) is 11.8 Å². The standard InChI is InChI=1S/C13H14ClNS/c1-9(15)8-12-6-7-13(16-12)10-2-4-11(14)5-3-10/h2-7,9H,8,15H2,1H3. The summed E-state index contributed by atoms with van der Waals surface area (Å²) in [6, 6.07) is 12.4. The summed E-state index contributed by atoms with van der Waals surface area (Å²) in [4.78, 5) is 2.60. The molecule has 1 aromatic heterocycles. The molecule has 1 heterocycles. The first-order chi connectivity index (χ1) is 7.65. The number of benzene rings is 1. The lowest BCUT2D eigenvalue weighted by Gasteiger charge is -2.00. The maximum atomic E-state index is 5.86. The van der Waals surface area contributed by atoms with Gasteiger partial charge in [-0.25, -0.2) is 0 Å². The monoisotopic (exact) mass is 251 g/mol. The molecule has 1 aromatic carbocycles. The summed E-state index contributed by atoms with van der Waals surface area (Å²) in [7, 11) is 0. The van der Waals surface area contributed by atoms with Crippen LogP contribution >= 0.6 is 22.9 Å². The van der Waals surface area contributed by atoms with Crippen LogP contribution in [0, 0.1) is 0 Å². The van der Waals surface area contributed by atoms with Crippen molar-refractivity contribution in [3.05, 3.63) is 46.3 Å². The normalized spacial score (nSPS) is 12.7. The van der Waals surface area contributed by atoms with Crippen LogP contribution in [0.25, 0.3) is 10.4 Å². The fourth-order valence-electron chi connectivity index (χ4n) is 1.57. The van der Waals surface area contributed by atoms with Gasteiger partial charge in [0.05, 0.1) is 0 Å². The van der Waals surface area contributed by atoms with E-state index in [1.807, 2.05) is 31.2 Å². The Kier molecular flexibility index (Phi) is 3.64. The molecule has 0 saturated heterocycles. The van der Waals surface area contributed by atoms with E-state index in [0.29, 0.717) is 0 Å². The highest BCUT2D eigenvalue weighted by Crippen LogP contribution is 2.29. The van der Waals surface area contributed by atoms with Gasteiger partial charge < -0.3 is 5.73 Å². The highest BCUT2D eigenvalue weighted by molar-refractivity contribution is 7.15. The Morgan fingerprint density at radius 2 is 1.88 bits per heavy atom. The highest BCUT2D eigenvalue weighted by atomic mass is 35.5. The van der Waals surface area contributed by atoms with Gasteiger partial charge in [0.2, 0.25) is 0 Å². The minimum atomic E-state index is 0.219. The van der Waals surface area contributed by atoms with E-state index in [1.165, 1.54) is 15.3 Å². The molecule has 2 aromatic rings. The van der Waals surface area contributed by atoms with Crippen LogP contribution in [0.5, 0.6) is 0 Å². The maximum absolute atomic E-state index is 5.86. The Labute approximate surface area is 105 Å². The molecule has 0 aliphatic heterocycles. The van der Waals surface area contributed by atoms with Crippen LogP contribution in [0.3, 0.4) is 0 Å². The lowest BCUT2D eigenvalue weighted by Crippen LogP contribution is -2.16. The van der Waals surface area contributed by atoms with Gasteiger partial charge in [-0.1, -0.05) is 23.7 Å². The predicted molar refractivity (Wildman–Crippen MR) is 72.1 cm³/mol. The first-order valence-electron chi connectivity index (χ1n) is 5.25. The first kappa shape index (κ1) is 11.6. The van der Waals surface area contributed by atoms with Crippen molar-refractivity contribution in [3.8, 4) is 10.4 Å². The average molecular weight is 252 g/mol. The Morgan fingerprint density at radius 3 is 2.50 bits per heavy atom. The lowest BCUT2D eigenvalue weighted by atomic mass is 10.2. The van der Waals surface area contributed by atoms with Crippen molar-refractivity contribution >= 4 is 22.9 Å². The van der Waals surface area contributed by atoms with Gasteiger partial charge in [0, 0.05) is 20.8 Å². The number of rotatable bonds is 3. The zero-order valence-electron chi connectivity index (χ0n) is 9.11. The van der Waals surface area contributed by atoms with E-state index in [2.05, 4.69) is 12.1 Å². The van der Waals surface area contributed by atoms with Gasteiger partial charge in [0.25, 0.3) is 0 Å². The van der Waals surface area contributed by atoms with Crippen LogP contribution in [0.2, 0.25) is 5.02 Å². The van der Waals surface area contributed by atoms with Crippen molar-refractivity contribution in [2.24, 2.45) is 5.73 Å². The molecule has 0 radical (unpaired) electrons. The lowest BCUT2D eigenvalue weighted by molar-refractivity contribution is 0.746. The number of hydrogen-bond donors (Lipinski definition) is 1. The third kappa shape index (κ3) is 2.85. The molecule has 3 heteroatoms. The van der Waals surface area contributed by atoms with Crippen LogP contribution in [-0.4, -0.2) is 6.04 Å². The molecule has 2 N–H and O–H groups in total. The second-order valence-electron chi connectivity index (χ2n) is 3.95. The first-order valence-corrected chi connectivity index (χ1v) is 6.45. The number of nitrogens with two attached hydrogens (primary N) is 1. The van der Waals surface area contributed by atoms with Gasteiger partial charge in [-0.2, -0.15) is 0 Å². The van der Waals surface area contributed by atoms with E-state index in [9.17, 15) is 0 Å². The van der Waals surface area contributed by atoms with E-state index in [0.717, 1.165) is 11.4 Å². The van der Waals surface area contributed by atoms with E-state index >= 15 is 0 Å². The van der Waals surface area contributed by atoms with Crippen molar-refractivity contribution < 1.29 is 0 Å². The molecular formula is C13H14ClNS. The smallest absolute Gasteiger partial charge is 0.0406 e. The van der Waals surface area contributed by atoms with Gasteiger partial charge in [0.1, 0.15) is 0 Å². The van der Waals surface area contributed by atoms with Crippen molar-refractivity contribution in [2.75, 3.05) is 0 Å². The second-order valence-corrected chi connectivity index (χ2v) is 5.56. The SMILES string of the molecule is CC(N)Cc1ccc(-c2ccc(Cl)cc2)s1. The Morgan fingerprint density at radius 1 is 1.19 bits per heavy atom. The van der Waals surface area contributed by atoms with Gasteiger partial charge in [-0.05, 0) is 43.2 Å². The van der Waals surface area contributed by atoms with Crippen molar-refractivity contribution in [3.63, 3.8) is 0 Å². The fraction of sp³-hybridized carbons (Fsp3) is 0.231. The summed E-state index contributed by atoms with van der Waals surface area (Å²) in [6.45, 7) is 2.03. The Balaban J connectivity index is 2.21. The minimum absolute atomic E-state index is 0.219. The molecule has 16 heavy (non-hydrogen) atoms. The van der Waals surface area contributed by atoms with Crippen LogP contribution in [0.4, 0.5) is 0 Å². The highest BCUT2D eigenvalue weighted by Gasteiger charge is 2.04. The number of hydrogen-bond acceptors (Lipinski definition) is 2. The quantitative estimate of drug-likeness (QED) is 0.878. The molecule has 84 valence electrons. The molecule has 0 aliphatic carbocycles. The number of halogens is 1. The molecule has 0 bridgehead atoms. The molecule has 0 aliphatic rings. The molecular weight excluding hydrogens is 238 g/mol. The third-order valence-corrected chi connectivity index (χ3v) is 3.72. The Hall–Kier alpha value is -0.830. The van der Waals surface area contributed by atoms with Gasteiger partial charge in [-0.3, -0.25) is 0 Å². The number of thiophene rings is 1. The summed E-state index contributed by atoms with van der Waals surface area (Å²) in [5, 5.41) is 0.774. The third-order valence-electron chi connectivity index (χ3n) is 2.31.